The maximum absolute atomic E-state index is 11.2. The van der Waals surface area contributed by atoms with Crippen LogP contribution in [0.3, 0.4) is 0 Å². The van der Waals surface area contributed by atoms with Gasteiger partial charge < -0.3 is 10.6 Å². The molecule has 0 heterocycles. The van der Waals surface area contributed by atoms with Gasteiger partial charge in [0.2, 0.25) is 11.8 Å². The largest absolute Gasteiger partial charge is 0.354 e. The Balaban J connectivity index is 3.67. The highest BCUT2D eigenvalue weighted by Crippen LogP contribution is 1.96. The van der Waals surface area contributed by atoms with Gasteiger partial charge in [0.05, 0.1) is 6.54 Å². The van der Waals surface area contributed by atoms with Gasteiger partial charge in [0.1, 0.15) is 0 Å². The number of alkyl halides is 1. The van der Waals surface area contributed by atoms with E-state index in [0.29, 0.717) is 12.5 Å². The minimum absolute atomic E-state index is 0.0206. The number of hydrogen-bond acceptors (Lipinski definition) is 2. The summed E-state index contributed by atoms with van der Waals surface area (Å²) in [5.74, 6) is 0.0545. The Morgan fingerprint density at radius 2 is 1.80 bits per heavy atom. The van der Waals surface area contributed by atoms with Crippen molar-refractivity contribution < 1.29 is 9.59 Å². The molecule has 0 saturated heterocycles. The van der Waals surface area contributed by atoms with Crippen molar-refractivity contribution in [3.8, 4) is 0 Å². The first-order chi connectivity index (χ1) is 6.97. The third-order valence-corrected chi connectivity index (χ3v) is 2.27. The molecule has 4 nitrogen and oxygen atoms in total. The van der Waals surface area contributed by atoms with E-state index in [1.54, 1.807) is 6.92 Å². The molecule has 1 unspecified atom stereocenters. The number of halogens is 1. The van der Waals surface area contributed by atoms with E-state index in [0.717, 1.165) is 0 Å². The second-order valence-corrected chi connectivity index (χ2v) is 4.28. The fraction of sp³-hybridized carbons (Fsp3) is 0.800. The highest BCUT2D eigenvalue weighted by molar-refractivity contribution is 6.19. The van der Waals surface area contributed by atoms with Gasteiger partial charge in [0, 0.05) is 18.3 Å². The summed E-state index contributed by atoms with van der Waals surface area (Å²) in [6.45, 7) is 6.38. The van der Waals surface area contributed by atoms with E-state index >= 15 is 0 Å². The van der Waals surface area contributed by atoms with Crippen LogP contribution in [0.15, 0.2) is 0 Å². The summed E-state index contributed by atoms with van der Waals surface area (Å²) in [4.78, 5) is 22.4. The number of amides is 2. The van der Waals surface area contributed by atoms with E-state index in [-0.39, 0.29) is 30.2 Å². The lowest BCUT2D eigenvalue weighted by Gasteiger charge is -2.10. The number of nitrogens with one attached hydrogen (secondary N) is 2. The molecule has 0 radical (unpaired) electrons. The lowest BCUT2D eigenvalue weighted by atomic mass is 10.2. The molecule has 0 aromatic carbocycles. The van der Waals surface area contributed by atoms with Gasteiger partial charge in [0.25, 0.3) is 0 Å². The zero-order valence-corrected chi connectivity index (χ0v) is 10.2. The molecule has 0 spiro atoms. The second kappa shape index (κ2) is 7.51. The van der Waals surface area contributed by atoms with Crippen LogP contribution in [0, 0.1) is 11.8 Å². The summed E-state index contributed by atoms with van der Waals surface area (Å²) in [5, 5.41) is 5.23. The minimum Gasteiger partial charge on any atom is -0.354 e. The van der Waals surface area contributed by atoms with Gasteiger partial charge in [-0.25, -0.2) is 0 Å². The van der Waals surface area contributed by atoms with Gasteiger partial charge in [-0.3, -0.25) is 9.59 Å². The predicted octanol–water partition coefficient (Wildman–Crippen LogP) is 0.750. The molecule has 0 saturated carbocycles. The van der Waals surface area contributed by atoms with Gasteiger partial charge in [-0.15, -0.1) is 11.6 Å². The fourth-order valence-electron chi connectivity index (χ4n) is 0.792. The maximum atomic E-state index is 11.2. The van der Waals surface area contributed by atoms with Crippen molar-refractivity contribution in [3.63, 3.8) is 0 Å². The number of rotatable bonds is 6. The van der Waals surface area contributed by atoms with E-state index in [1.807, 2.05) is 13.8 Å². The Morgan fingerprint density at radius 1 is 1.20 bits per heavy atom. The molecule has 2 N–H and O–H groups in total. The fourth-order valence-corrected chi connectivity index (χ4v) is 0.932. The number of carbonyl (C=O) groups is 2. The van der Waals surface area contributed by atoms with Crippen molar-refractivity contribution in [1.29, 1.82) is 0 Å². The molecule has 0 aliphatic rings. The zero-order chi connectivity index (χ0) is 11.8. The summed E-state index contributed by atoms with van der Waals surface area (Å²) >= 11 is 5.50. The molecule has 5 heteroatoms. The highest BCUT2D eigenvalue weighted by atomic mass is 35.5. The first kappa shape index (κ1) is 14.2. The summed E-state index contributed by atoms with van der Waals surface area (Å²) in [7, 11) is 0. The summed E-state index contributed by atoms with van der Waals surface area (Å²) in [6, 6.07) is 0. The Labute approximate surface area is 95.7 Å². The van der Waals surface area contributed by atoms with E-state index in [1.165, 1.54) is 0 Å². The molecule has 0 aliphatic carbocycles. The Kier molecular flexibility index (Phi) is 7.13. The van der Waals surface area contributed by atoms with E-state index < -0.39 is 0 Å². The van der Waals surface area contributed by atoms with Crippen molar-refractivity contribution in [1.82, 2.24) is 10.6 Å². The molecule has 0 fully saturated rings. The third kappa shape index (κ3) is 7.19. The lowest BCUT2D eigenvalue weighted by Crippen LogP contribution is -2.40. The summed E-state index contributed by atoms with van der Waals surface area (Å²) in [5.41, 5.74) is 0. The molecule has 0 aliphatic heterocycles. The average Bonchev–Trinajstić information content (AvgIpc) is 2.21. The first-order valence-electron chi connectivity index (χ1n) is 5.07. The number of carbonyl (C=O) groups excluding carboxylic acids is 2. The van der Waals surface area contributed by atoms with Crippen molar-refractivity contribution in [3.05, 3.63) is 0 Å². The molecule has 2 amide bonds. The molecule has 0 rings (SSSR count). The van der Waals surface area contributed by atoms with E-state index in [2.05, 4.69) is 10.6 Å². The molecule has 0 aromatic heterocycles. The minimum atomic E-state index is -0.260. The SMILES string of the molecule is CC(C)CNC(=O)CNC(=O)C(C)CCl. The molecule has 1 atom stereocenters. The van der Waals surface area contributed by atoms with Gasteiger partial charge in [-0.2, -0.15) is 0 Å². The topological polar surface area (TPSA) is 58.2 Å². The molecular weight excluding hydrogens is 216 g/mol. The normalized spacial score (nSPS) is 12.3. The van der Waals surface area contributed by atoms with Gasteiger partial charge in [-0.1, -0.05) is 20.8 Å². The molecule has 0 aromatic rings. The molecular formula is C10H19ClN2O2. The number of hydrogen-bond donors (Lipinski definition) is 2. The van der Waals surface area contributed by atoms with Crippen molar-refractivity contribution in [2.75, 3.05) is 19.0 Å². The van der Waals surface area contributed by atoms with Crippen LogP contribution in [0.1, 0.15) is 20.8 Å². The Bertz CT molecular complexity index is 219. The first-order valence-corrected chi connectivity index (χ1v) is 5.61. The van der Waals surface area contributed by atoms with Crippen LogP contribution in [-0.4, -0.2) is 30.8 Å². The quantitative estimate of drug-likeness (QED) is 0.667. The van der Waals surface area contributed by atoms with E-state index in [9.17, 15) is 9.59 Å². The van der Waals surface area contributed by atoms with Crippen LogP contribution >= 0.6 is 11.6 Å². The Hall–Kier alpha value is -0.770. The van der Waals surface area contributed by atoms with Crippen LogP contribution in [0.5, 0.6) is 0 Å². The van der Waals surface area contributed by atoms with Crippen LogP contribution < -0.4 is 10.6 Å². The van der Waals surface area contributed by atoms with Crippen molar-refractivity contribution in [2.24, 2.45) is 11.8 Å². The van der Waals surface area contributed by atoms with Gasteiger partial charge in [0.15, 0.2) is 0 Å². The van der Waals surface area contributed by atoms with Gasteiger partial charge in [-0.05, 0) is 5.92 Å². The zero-order valence-electron chi connectivity index (χ0n) is 9.47. The second-order valence-electron chi connectivity index (χ2n) is 3.97. The summed E-state index contributed by atoms with van der Waals surface area (Å²) < 4.78 is 0. The van der Waals surface area contributed by atoms with Crippen LogP contribution in [0.2, 0.25) is 0 Å². The maximum Gasteiger partial charge on any atom is 0.239 e. The van der Waals surface area contributed by atoms with E-state index in [4.69, 9.17) is 11.6 Å². The van der Waals surface area contributed by atoms with Crippen LogP contribution in [0.4, 0.5) is 0 Å². The molecule has 88 valence electrons. The van der Waals surface area contributed by atoms with Crippen molar-refractivity contribution in [2.45, 2.75) is 20.8 Å². The van der Waals surface area contributed by atoms with Crippen molar-refractivity contribution >= 4 is 23.4 Å². The standard InChI is InChI=1S/C10H19ClN2O2/c1-7(2)5-12-9(14)6-13-10(15)8(3)4-11/h7-8H,4-6H2,1-3H3,(H,12,14)(H,13,15). The van der Waals surface area contributed by atoms with Gasteiger partial charge >= 0.3 is 0 Å². The van der Waals surface area contributed by atoms with Crippen LogP contribution in [0.25, 0.3) is 0 Å². The Morgan fingerprint density at radius 3 is 2.27 bits per heavy atom. The highest BCUT2D eigenvalue weighted by Gasteiger charge is 2.12. The summed E-state index contributed by atoms with van der Waals surface area (Å²) in [6.07, 6.45) is 0. The molecule has 15 heavy (non-hydrogen) atoms. The third-order valence-electron chi connectivity index (χ3n) is 1.81. The molecule has 0 bridgehead atoms. The smallest absolute Gasteiger partial charge is 0.239 e. The predicted molar refractivity (Wildman–Crippen MR) is 60.7 cm³/mol. The monoisotopic (exact) mass is 234 g/mol. The lowest BCUT2D eigenvalue weighted by molar-refractivity contribution is -0.127. The average molecular weight is 235 g/mol. The van der Waals surface area contributed by atoms with Crippen LogP contribution in [-0.2, 0) is 9.59 Å².